The number of nitrogens with zero attached hydrogens (tertiary/aromatic N) is 2. The molecule has 0 spiro atoms. The minimum Gasteiger partial charge on any atom is -0.493 e. The van der Waals surface area contributed by atoms with E-state index < -0.39 is 5.97 Å². The van der Waals surface area contributed by atoms with E-state index >= 15 is 0 Å². The van der Waals surface area contributed by atoms with Gasteiger partial charge in [0.2, 0.25) is 0 Å². The van der Waals surface area contributed by atoms with Crippen molar-refractivity contribution in [1.82, 2.24) is 0 Å². The fourth-order valence-electron chi connectivity index (χ4n) is 2.19. The Hall–Kier alpha value is -2.69. The van der Waals surface area contributed by atoms with Crippen LogP contribution in [-0.4, -0.2) is 17.7 Å². The molecular weight excluding hydrogens is 304 g/mol. The largest absolute Gasteiger partial charge is 0.493 e. The Morgan fingerprint density at radius 2 is 1.75 bits per heavy atom. The van der Waals surface area contributed by atoms with Crippen molar-refractivity contribution in [3.05, 3.63) is 54.1 Å². The molecule has 0 fully saturated rings. The second kappa shape index (κ2) is 9.45. The van der Waals surface area contributed by atoms with Crippen LogP contribution < -0.4 is 4.74 Å². The van der Waals surface area contributed by atoms with Crippen LogP contribution in [0, 0.1) is 0 Å². The van der Waals surface area contributed by atoms with Crippen LogP contribution in [0.15, 0.2) is 58.8 Å². The molecule has 0 unspecified atom stereocenters. The van der Waals surface area contributed by atoms with E-state index in [9.17, 15) is 9.90 Å². The van der Waals surface area contributed by atoms with E-state index in [2.05, 4.69) is 17.2 Å². The highest BCUT2D eigenvalue weighted by Crippen LogP contribution is 2.27. The van der Waals surface area contributed by atoms with Crippen molar-refractivity contribution in [2.75, 3.05) is 6.61 Å². The van der Waals surface area contributed by atoms with Crippen LogP contribution in [0.3, 0.4) is 0 Å². The number of hydrogen-bond donors (Lipinski definition) is 1. The molecule has 5 heteroatoms. The van der Waals surface area contributed by atoms with Gasteiger partial charge in [-0.25, -0.2) is 4.79 Å². The van der Waals surface area contributed by atoms with Crippen molar-refractivity contribution in [2.24, 2.45) is 10.2 Å². The van der Waals surface area contributed by atoms with Crippen molar-refractivity contribution in [3.63, 3.8) is 0 Å². The zero-order chi connectivity index (χ0) is 17.2. The number of benzene rings is 2. The van der Waals surface area contributed by atoms with Gasteiger partial charge in [0, 0.05) is 6.07 Å². The van der Waals surface area contributed by atoms with Gasteiger partial charge >= 0.3 is 5.97 Å². The molecule has 0 heterocycles. The maximum Gasteiger partial charge on any atom is 0.339 e. The molecule has 0 atom stereocenters. The van der Waals surface area contributed by atoms with Gasteiger partial charge < -0.3 is 9.84 Å². The molecule has 0 aromatic heterocycles. The summed E-state index contributed by atoms with van der Waals surface area (Å²) in [6, 6.07) is 14.1. The second-order valence-electron chi connectivity index (χ2n) is 5.43. The molecule has 24 heavy (non-hydrogen) atoms. The number of rotatable bonds is 9. The van der Waals surface area contributed by atoms with Crippen LogP contribution in [0.2, 0.25) is 0 Å². The van der Waals surface area contributed by atoms with Gasteiger partial charge in [-0.15, -0.1) is 0 Å². The summed E-state index contributed by atoms with van der Waals surface area (Å²) in [7, 11) is 0. The molecule has 0 amide bonds. The third-order valence-electron chi connectivity index (χ3n) is 3.49. The molecule has 0 saturated heterocycles. The van der Waals surface area contributed by atoms with Gasteiger partial charge in [-0.2, -0.15) is 10.2 Å². The Kier molecular flexibility index (Phi) is 6.95. The van der Waals surface area contributed by atoms with Crippen molar-refractivity contribution < 1.29 is 14.6 Å². The van der Waals surface area contributed by atoms with Gasteiger partial charge in [-0.3, -0.25) is 0 Å². The summed E-state index contributed by atoms with van der Waals surface area (Å²) in [5.41, 5.74) is 1.44. The predicted octanol–water partition coefficient (Wildman–Crippen LogP) is 5.76. The van der Waals surface area contributed by atoms with Crippen molar-refractivity contribution in [3.8, 4) is 5.75 Å². The summed E-state index contributed by atoms with van der Waals surface area (Å²) in [5, 5.41) is 17.6. The Balaban J connectivity index is 2.09. The minimum absolute atomic E-state index is 0.143. The average Bonchev–Trinajstić information content (AvgIpc) is 2.60. The first-order chi connectivity index (χ1) is 11.7. The molecule has 0 aliphatic heterocycles. The van der Waals surface area contributed by atoms with Gasteiger partial charge in [0.05, 0.1) is 18.0 Å². The zero-order valence-electron chi connectivity index (χ0n) is 13.8. The Morgan fingerprint density at radius 1 is 1.00 bits per heavy atom. The number of carbonyl (C=O) groups is 1. The molecule has 0 saturated carbocycles. The summed E-state index contributed by atoms with van der Waals surface area (Å²) in [5.74, 6) is -0.673. The van der Waals surface area contributed by atoms with Crippen molar-refractivity contribution in [2.45, 2.75) is 32.6 Å². The monoisotopic (exact) mass is 326 g/mol. The number of ether oxygens (including phenoxy) is 1. The van der Waals surface area contributed by atoms with Crippen LogP contribution in [0.4, 0.5) is 11.4 Å². The van der Waals surface area contributed by atoms with Crippen LogP contribution in [0.5, 0.6) is 5.75 Å². The lowest BCUT2D eigenvalue weighted by atomic mass is 10.2. The predicted molar refractivity (Wildman–Crippen MR) is 93.7 cm³/mol. The Morgan fingerprint density at radius 3 is 2.46 bits per heavy atom. The van der Waals surface area contributed by atoms with Gasteiger partial charge in [-0.05, 0) is 30.7 Å². The molecule has 2 rings (SSSR count). The molecule has 0 bridgehead atoms. The lowest BCUT2D eigenvalue weighted by Gasteiger charge is -2.09. The maximum absolute atomic E-state index is 11.3. The quantitative estimate of drug-likeness (QED) is 0.470. The highest BCUT2D eigenvalue weighted by Gasteiger charge is 2.12. The second-order valence-corrected chi connectivity index (χ2v) is 5.43. The van der Waals surface area contributed by atoms with Crippen LogP contribution in [-0.2, 0) is 0 Å². The van der Waals surface area contributed by atoms with E-state index in [0.29, 0.717) is 18.0 Å². The molecule has 5 nitrogen and oxygen atoms in total. The van der Waals surface area contributed by atoms with E-state index in [4.69, 9.17) is 4.74 Å². The standard InChI is InChI=1S/C19H22N2O3/c1-2-3-4-8-13-24-18-14-16(11-12-17(18)19(22)23)21-20-15-9-6-5-7-10-15/h5-7,9-12,14H,2-4,8,13H2,1H3,(H,22,23). The first-order valence-corrected chi connectivity index (χ1v) is 8.17. The van der Waals surface area contributed by atoms with Gasteiger partial charge in [0.15, 0.2) is 0 Å². The molecule has 126 valence electrons. The molecule has 2 aromatic carbocycles. The smallest absolute Gasteiger partial charge is 0.339 e. The Labute approximate surface area is 142 Å². The lowest BCUT2D eigenvalue weighted by Crippen LogP contribution is -2.04. The number of azo groups is 1. The van der Waals surface area contributed by atoms with Crippen LogP contribution >= 0.6 is 0 Å². The van der Waals surface area contributed by atoms with E-state index in [0.717, 1.165) is 31.4 Å². The zero-order valence-corrected chi connectivity index (χ0v) is 13.8. The summed E-state index contributed by atoms with van der Waals surface area (Å²) < 4.78 is 5.66. The highest BCUT2D eigenvalue weighted by molar-refractivity contribution is 5.91. The number of carboxylic acids is 1. The molecule has 0 aliphatic carbocycles. The molecule has 1 N–H and O–H groups in total. The first-order valence-electron chi connectivity index (χ1n) is 8.17. The molecular formula is C19H22N2O3. The fourth-order valence-corrected chi connectivity index (χ4v) is 2.19. The molecule has 0 aliphatic rings. The van der Waals surface area contributed by atoms with E-state index in [-0.39, 0.29) is 5.56 Å². The van der Waals surface area contributed by atoms with Crippen molar-refractivity contribution in [1.29, 1.82) is 0 Å². The molecule has 0 radical (unpaired) electrons. The number of hydrogen-bond acceptors (Lipinski definition) is 4. The summed E-state index contributed by atoms with van der Waals surface area (Å²) in [6.45, 7) is 2.64. The third-order valence-corrected chi connectivity index (χ3v) is 3.49. The fraction of sp³-hybridized carbons (Fsp3) is 0.316. The van der Waals surface area contributed by atoms with Gasteiger partial charge in [-0.1, -0.05) is 44.4 Å². The summed E-state index contributed by atoms with van der Waals surface area (Å²) >= 11 is 0. The van der Waals surface area contributed by atoms with Crippen LogP contribution in [0.1, 0.15) is 43.0 Å². The van der Waals surface area contributed by atoms with Gasteiger partial charge in [0.1, 0.15) is 11.3 Å². The maximum atomic E-state index is 11.3. The minimum atomic E-state index is -1.01. The molecule has 2 aromatic rings. The number of aromatic carboxylic acids is 1. The first kappa shape index (κ1) is 17.7. The summed E-state index contributed by atoms with van der Waals surface area (Å²) in [4.78, 5) is 11.3. The van der Waals surface area contributed by atoms with Crippen molar-refractivity contribution >= 4 is 17.3 Å². The number of carboxylic acid groups (broad SMARTS) is 1. The van der Waals surface area contributed by atoms with Crippen LogP contribution in [0.25, 0.3) is 0 Å². The summed E-state index contributed by atoms with van der Waals surface area (Å²) in [6.07, 6.45) is 4.28. The SMILES string of the molecule is CCCCCCOc1cc(N=Nc2ccccc2)ccc1C(=O)O. The van der Waals surface area contributed by atoms with E-state index in [1.165, 1.54) is 6.07 Å². The third kappa shape index (κ3) is 5.50. The highest BCUT2D eigenvalue weighted by atomic mass is 16.5. The average molecular weight is 326 g/mol. The topological polar surface area (TPSA) is 71.2 Å². The number of unbranched alkanes of at least 4 members (excludes halogenated alkanes) is 3. The van der Waals surface area contributed by atoms with Gasteiger partial charge in [0.25, 0.3) is 0 Å². The lowest BCUT2D eigenvalue weighted by molar-refractivity contribution is 0.0692. The Bertz CT molecular complexity index is 684. The van der Waals surface area contributed by atoms with E-state index in [1.54, 1.807) is 12.1 Å². The van der Waals surface area contributed by atoms with E-state index in [1.807, 2.05) is 30.3 Å². The normalized spacial score (nSPS) is 10.9.